The molecule has 1 N–H and O–H groups in total. The van der Waals surface area contributed by atoms with Crippen molar-refractivity contribution in [3.63, 3.8) is 0 Å². The van der Waals surface area contributed by atoms with E-state index in [2.05, 4.69) is 5.32 Å². The lowest BCUT2D eigenvalue weighted by Crippen LogP contribution is -2.43. The smallest absolute Gasteiger partial charge is 0.328 e. The van der Waals surface area contributed by atoms with Crippen LogP contribution in [-0.4, -0.2) is 44.3 Å². The van der Waals surface area contributed by atoms with Gasteiger partial charge in [-0.2, -0.15) is 0 Å². The van der Waals surface area contributed by atoms with E-state index >= 15 is 0 Å². The summed E-state index contributed by atoms with van der Waals surface area (Å²) < 4.78 is 30.4. The second-order valence-corrected chi connectivity index (χ2v) is 11.8. The van der Waals surface area contributed by atoms with Crippen LogP contribution in [0.1, 0.15) is 15.9 Å². The van der Waals surface area contributed by atoms with E-state index in [1.54, 1.807) is 49.5 Å². The number of nitrogens with zero attached hydrogens (tertiary/aromatic N) is 1. The monoisotopic (exact) mass is 586 g/mol. The number of pyridine rings is 1. The van der Waals surface area contributed by atoms with Crippen molar-refractivity contribution in [3.05, 3.63) is 98.3 Å². The van der Waals surface area contributed by atoms with E-state index < -0.39 is 27.8 Å². The fraction of sp³-hybridized carbons (Fsp3) is 0.179. The van der Waals surface area contributed by atoms with E-state index in [1.165, 1.54) is 35.9 Å². The Kier molecular flexibility index (Phi) is 8.15. The largest absolute Gasteiger partial charge is 0.467 e. The number of benzene rings is 3. The van der Waals surface area contributed by atoms with Crippen molar-refractivity contribution in [2.24, 2.45) is 7.05 Å². The molecule has 202 valence electrons. The van der Waals surface area contributed by atoms with Crippen LogP contribution in [0.25, 0.3) is 22.0 Å². The van der Waals surface area contributed by atoms with Crippen LogP contribution in [0.4, 0.5) is 0 Å². The summed E-state index contributed by atoms with van der Waals surface area (Å²) in [6, 6.07) is 16.8. The number of esters is 1. The van der Waals surface area contributed by atoms with Crippen molar-refractivity contribution in [1.82, 2.24) is 9.88 Å². The molecule has 0 saturated heterocycles. The van der Waals surface area contributed by atoms with Gasteiger partial charge in [-0.3, -0.25) is 9.59 Å². The van der Waals surface area contributed by atoms with Crippen LogP contribution in [0, 0.1) is 0 Å². The van der Waals surface area contributed by atoms with Gasteiger partial charge in [-0.25, -0.2) is 13.2 Å². The number of carbonyl (C=O) groups excluding carboxylic acids is 2. The number of hydrogen-bond donors (Lipinski definition) is 1. The lowest BCUT2D eigenvalue weighted by Gasteiger charge is -2.18. The lowest BCUT2D eigenvalue weighted by atomic mass is 10.00. The fourth-order valence-electron chi connectivity index (χ4n) is 4.24. The molecule has 11 heteroatoms. The first-order valence-corrected chi connectivity index (χ1v) is 14.3. The predicted molar refractivity (Wildman–Crippen MR) is 151 cm³/mol. The highest BCUT2D eigenvalue weighted by Crippen LogP contribution is 2.26. The molecule has 0 aliphatic rings. The molecule has 3 aromatic carbocycles. The molecule has 0 aliphatic heterocycles. The van der Waals surface area contributed by atoms with Gasteiger partial charge in [-0.15, -0.1) is 0 Å². The molecule has 1 aromatic heterocycles. The third kappa shape index (κ3) is 6.00. The summed E-state index contributed by atoms with van der Waals surface area (Å²) in [5.74, 6) is -1.27. The van der Waals surface area contributed by atoms with Crippen LogP contribution in [0.2, 0.25) is 10.0 Å². The van der Waals surface area contributed by atoms with E-state index in [1.807, 2.05) is 0 Å². The number of fused-ring (bicyclic) bond motifs is 1. The summed E-state index contributed by atoms with van der Waals surface area (Å²) >= 11 is 12.3. The minimum atomic E-state index is -3.42. The van der Waals surface area contributed by atoms with Gasteiger partial charge in [0.1, 0.15) is 6.04 Å². The average Bonchev–Trinajstić information content (AvgIpc) is 2.89. The molecule has 1 amide bonds. The molecule has 0 bridgehead atoms. The summed E-state index contributed by atoms with van der Waals surface area (Å²) in [7, 11) is -0.580. The standard InChI is InChI=1S/C28H24Cl2N2O6S/c1-32-24-12-11-19(39(3,36)37)14-18(24)15-20(27(32)34)17-9-7-16(8-10-17)13-23(28(35)38-2)31-26(33)25-21(29)5-4-6-22(25)30/h4-12,14-15,23H,13H2,1-3H3,(H,31,33)/t23-/m0/s1. The van der Waals surface area contributed by atoms with Gasteiger partial charge in [0.05, 0.1) is 33.1 Å². The van der Waals surface area contributed by atoms with E-state index in [0.717, 1.165) is 6.26 Å². The highest BCUT2D eigenvalue weighted by atomic mass is 35.5. The maximum Gasteiger partial charge on any atom is 0.328 e. The number of rotatable bonds is 7. The first-order valence-electron chi connectivity index (χ1n) is 11.7. The third-order valence-electron chi connectivity index (χ3n) is 6.31. The maximum atomic E-state index is 13.1. The van der Waals surface area contributed by atoms with Gasteiger partial charge in [-0.05, 0) is 47.5 Å². The van der Waals surface area contributed by atoms with Gasteiger partial charge in [0.2, 0.25) is 0 Å². The molecule has 0 fully saturated rings. The number of aryl methyl sites for hydroxylation is 1. The number of halogens is 2. The Bertz CT molecular complexity index is 1750. The van der Waals surface area contributed by atoms with E-state index in [9.17, 15) is 22.8 Å². The van der Waals surface area contributed by atoms with Crippen molar-refractivity contribution in [2.75, 3.05) is 13.4 Å². The molecular weight excluding hydrogens is 563 g/mol. The summed E-state index contributed by atoms with van der Waals surface area (Å²) in [5, 5.41) is 3.53. The molecule has 4 aromatic rings. The SMILES string of the molecule is COC(=O)[C@H](Cc1ccc(-c2cc3cc(S(C)(=O)=O)ccc3n(C)c2=O)cc1)NC(=O)c1c(Cl)cccc1Cl. The lowest BCUT2D eigenvalue weighted by molar-refractivity contribution is -0.142. The van der Waals surface area contributed by atoms with E-state index in [4.69, 9.17) is 27.9 Å². The molecular formula is C28H24Cl2N2O6S. The normalized spacial score (nSPS) is 12.2. The highest BCUT2D eigenvalue weighted by molar-refractivity contribution is 7.90. The summed E-state index contributed by atoms with van der Waals surface area (Å²) in [4.78, 5) is 38.5. The molecule has 39 heavy (non-hydrogen) atoms. The van der Waals surface area contributed by atoms with Gasteiger partial charge in [0.15, 0.2) is 9.84 Å². The molecule has 0 saturated carbocycles. The van der Waals surface area contributed by atoms with Crippen molar-refractivity contribution in [3.8, 4) is 11.1 Å². The summed E-state index contributed by atoms with van der Waals surface area (Å²) in [5.41, 5.74) is 2.08. The summed E-state index contributed by atoms with van der Waals surface area (Å²) in [6.07, 6.45) is 1.23. The van der Waals surface area contributed by atoms with Crippen molar-refractivity contribution < 1.29 is 22.7 Å². The Hall–Kier alpha value is -3.66. The van der Waals surface area contributed by atoms with Gasteiger partial charge >= 0.3 is 5.97 Å². The topological polar surface area (TPSA) is 112 Å². The number of sulfone groups is 1. The number of aromatic nitrogens is 1. The Balaban J connectivity index is 1.63. The van der Waals surface area contributed by atoms with Gasteiger partial charge in [-0.1, -0.05) is 53.5 Å². The maximum absolute atomic E-state index is 13.1. The molecule has 4 rings (SSSR count). The summed E-state index contributed by atoms with van der Waals surface area (Å²) in [6.45, 7) is 0. The zero-order valence-electron chi connectivity index (χ0n) is 21.2. The minimum Gasteiger partial charge on any atom is -0.467 e. The van der Waals surface area contributed by atoms with E-state index in [-0.39, 0.29) is 32.5 Å². The fourth-order valence-corrected chi connectivity index (χ4v) is 5.46. The number of carbonyl (C=O) groups is 2. The molecule has 8 nitrogen and oxygen atoms in total. The molecule has 0 unspecified atom stereocenters. The highest BCUT2D eigenvalue weighted by Gasteiger charge is 2.25. The minimum absolute atomic E-state index is 0.0521. The number of amides is 1. The van der Waals surface area contributed by atoms with Crippen molar-refractivity contribution in [1.29, 1.82) is 0 Å². The van der Waals surface area contributed by atoms with Crippen LogP contribution < -0.4 is 10.9 Å². The Labute approximate surface area is 235 Å². The molecule has 0 aliphatic carbocycles. The van der Waals surface area contributed by atoms with Crippen molar-refractivity contribution in [2.45, 2.75) is 17.4 Å². The second kappa shape index (κ2) is 11.2. The first-order chi connectivity index (χ1) is 18.4. The third-order valence-corrected chi connectivity index (χ3v) is 8.05. The second-order valence-electron chi connectivity index (χ2n) is 8.96. The molecule has 1 atom stereocenters. The van der Waals surface area contributed by atoms with Crippen LogP contribution in [0.15, 0.2) is 76.4 Å². The quantitative estimate of drug-likeness (QED) is 0.321. The van der Waals surface area contributed by atoms with Crippen LogP contribution in [0.5, 0.6) is 0 Å². The van der Waals surface area contributed by atoms with Gasteiger partial charge in [0.25, 0.3) is 11.5 Å². The number of hydrogen-bond acceptors (Lipinski definition) is 6. The molecule has 1 heterocycles. The number of methoxy groups -OCH3 is 1. The Morgan fingerprint density at radius 2 is 1.64 bits per heavy atom. The first kappa shape index (κ1) is 28.4. The van der Waals surface area contributed by atoms with Crippen LogP contribution in [-0.2, 0) is 32.8 Å². The van der Waals surface area contributed by atoms with Crippen LogP contribution in [0.3, 0.4) is 0 Å². The number of ether oxygens (including phenoxy) is 1. The average molecular weight is 587 g/mol. The Morgan fingerprint density at radius 3 is 2.23 bits per heavy atom. The molecule has 0 radical (unpaired) electrons. The van der Waals surface area contributed by atoms with Crippen molar-refractivity contribution >= 4 is 55.8 Å². The predicted octanol–water partition coefficient (Wildman–Crippen LogP) is 4.43. The van der Waals surface area contributed by atoms with Gasteiger partial charge < -0.3 is 14.6 Å². The Morgan fingerprint density at radius 1 is 1.00 bits per heavy atom. The zero-order chi connectivity index (χ0) is 28.5. The van der Waals surface area contributed by atoms with E-state index in [0.29, 0.717) is 27.6 Å². The van der Waals surface area contributed by atoms with Crippen LogP contribution >= 0.6 is 23.2 Å². The van der Waals surface area contributed by atoms with Gasteiger partial charge in [0, 0.05) is 30.7 Å². The number of nitrogens with one attached hydrogen (secondary N) is 1. The zero-order valence-corrected chi connectivity index (χ0v) is 23.5. The molecule has 0 spiro atoms.